The molecule has 3 aromatic heterocycles. The first kappa shape index (κ1) is 42.3. The van der Waals surface area contributed by atoms with Crippen LogP contribution < -0.4 is 0 Å². The summed E-state index contributed by atoms with van der Waals surface area (Å²) in [4.78, 5) is 33.3. The number of hydrogen-bond acceptors (Lipinski definition) is 6. The van der Waals surface area contributed by atoms with Gasteiger partial charge in [0.15, 0.2) is 23.3 Å². The Kier molecular flexibility index (Phi) is 11.2. The first-order chi connectivity index (χ1) is 26.9. The molecule has 7 aromatic rings. The molecule has 0 saturated heterocycles. The Labute approximate surface area is 419 Å². The lowest BCUT2D eigenvalue weighted by Crippen LogP contribution is -1.94. The van der Waals surface area contributed by atoms with E-state index in [1.165, 1.54) is 0 Å². The highest BCUT2D eigenvalue weighted by molar-refractivity contribution is 9.11. The van der Waals surface area contributed by atoms with E-state index in [-0.39, 0.29) is 84.8 Å². The second-order valence-electron chi connectivity index (χ2n) is 12.0. The Morgan fingerprint density at radius 2 is 0.754 bits per heavy atom. The van der Waals surface area contributed by atoms with Crippen LogP contribution in [0.15, 0.2) is 26.8 Å². The zero-order chi connectivity index (χ0) is 41.0. The van der Waals surface area contributed by atoms with Crippen LogP contribution in [0.5, 0.6) is 0 Å². The van der Waals surface area contributed by atoms with Gasteiger partial charge < -0.3 is 9.55 Å². The van der Waals surface area contributed by atoms with Gasteiger partial charge in [0, 0.05) is 47.6 Å². The number of halogens is 16. The molecule has 5 heterocycles. The Bertz CT molecular complexity index is 3090. The maximum Gasteiger partial charge on any atom is 0.166 e. The Morgan fingerprint density at radius 3 is 1.35 bits per heavy atom. The molecule has 2 aliphatic heterocycles. The number of H-pyrrole nitrogens is 1. The van der Waals surface area contributed by atoms with E-state index < -0.39 is 0 Å². The SMILES string of the molecule is Cn1c2nc3nc(nc4[nH]c(nc5nc(nc1c1c(Br)c(Cl)c(Br)c(Cl)c12)-c1c(Cl)c(Br)c(Cl)c(Cl)c1-5)c1c(Br)c(Cl)c(Br)c(Cl)c41)-c1c(Cl)c(Cl)c(Cl)c(Br)c1-3. The fourth-order valence-corrected chi connectivity index (χ4v) is 12.7. The van der Waals surface area contributed by atoms with Crippen LogP contribution in [-0.4, -0.2) is 39.5 Å². The van der Waals surface area contributed by atoms with E-state index >= 15 is 0 Å². The smallest absolute Gasteiger partial charge is 0.166 e. The molecule has 288 valence electrons. The topological polar surface area (TPSA) is 98.1 Å². The van der Waals surface area contributed by atoms with Gasteiger partial charge in [0.05, 0.1) is 80.3 Å². The number of rotatable bonds is 0. The highest BCUT2D eigenvalue weighted by atomic mass is 79.9. The fraction of sp³-hybridized carbons (Fsp3) is 0.0303. The van der Waals surface area contributed by atoms with Crippen molar-refractivity contribution in [3.05, 3.63) is 77.1 Å². The minimum atomic E-state index is 0.0582. The van der Waals surface area contributed by atoms with E-state index in [1.807, 2.05) is 0 Å². The normalized spacial score (nSPS) is 12.3. The first-order valence-electron chi connectivity index (χ1n) is 15.1. The van der Waals surface area contributed by atoms with Crippen LogP contribution in [-0.2, 0) is 7.05 Å². The number of aryl methyl sites for hydroxylation is 1. The van der Waals surface area contributed by atoms with Crippen LogP contribution in [0.4, 0.5) is 0 Å². The van der Waals surface area contributed by atoms with Crippen molar-refractivity contribution in [2.24, 2.45) is 7.05 Å². The van der Waals surface area contributed by atoms with Gasteiger partial charge in [0.1, 0.15) is 22.6 Å². The van der Waals surface area contributed by atoms with Crippen molar-refractivity contribution in [3.63, 3.8) is 0 Å². The van der Waals surface area contributed by atoms with E-state index in [0.717, 1.165) is 0 Å². The summed E-state index contributed by atoms with van der Waals surface area (Å²) >= 11 is 90.3. The molecule has 8 bridgehead atoms. The standard InChI is InChI=1S/C33H4Br6Cl10N8/c1-57-32-4-9(18(42)14(38)22(46)12(4)36)33(57)55-27-3-6(20(44)25(49)23(47)11(3)35)29(52-27)53-28-5-2(10(34)21(45)13(37)16(5)40)26(50-28)51-30-8-7(31(54-30)56-32)17(41)15(39)24(48)19(8)43/h1H3,(H,50,51,52,53,54,55,56). The lowest BCUT2D eigenvalue weighted by molar-refractivity contribution is 0.966. The molecule has 4 aromatic carbocycles. The summed E-state index contributed by atoms with van der Waals surface area (Å²) in [5, 5.41) is 3.37. The molecule has 0 saturated carbocycles. The summed E-state index contributed by atoms with van der Waals surface area (Å²) in [6.07, 6.45) is 0. The van der Waals surface area contributed by atoms with E-state index in [4.69, 9.17) is 146 Å². The summed E-state index contributed by atoms with van der Waals surface area (Å²) in [5.74, 6) is 0.437. The molecule has 1 N–H and O–H groups in total. The molecule has 0 spiro atoms. The van der Waals surface area contributed by atoms with Crippen molar-refractivity contribution in [2.75, 3.05) is 0 Å². The summed E-state index contributed by atoms with van der Waals surface area (Å²) in [6, 6.07) is 0. The third kappa shape index (κ3) is 6.08. The lowest BCUT2D eigenvalue weighted by Gasteiger charge is -2.09. The number of aromatic nitrogens is 8. The predicted molar refractivity (Wildman–Crippen MR) is 257 cm³/mol. The number of aromatic amines is 1. The van der Waals surface area contributed by atoms with Crippen molar-refractivity contribution in [1.82, 2.24) is 39.5 Å². The van der Waals surface area contributed by atoms with Crippen LogP contribution in [0.1, 0.15) is 0 Å². The first-order valence-corrected chi connectivity index (χ1v) is 23.6. The fourth-order valence-electron chi connectivity index (χ4n) is 6.49. The summed E-state index contributed by atoms with van der Waals surface area (Å²) < 4.78 is 4.02. The number of nitrogens with one attached hydrogen (secondary N) is 1. The van der Waals surface area contributed by atoms with Gasteiger partial charge in [0.25, 0.3) is 0 Å². The molecule has 0 aliphatic carbocycles. The Morgan fingerprint density at radius 1 is 0.351 bits per heavy atom. The highest BCUT2D eigenvalue weighted by Gasteiger charge is 2.33. The number of hydrogen-bond donors (Lipinski definition) is 1. The molecule has 0 radical (unpaired) electrons. The molecule has 57 heavy (non-hydrogen) atoms. The van der Waals surface area contributed by atoms with Gasteiger partial charge >= 0.3 is 0 Å². The van der Waals surface area contributed by atoms with Crippen LogP contribution in [0, 0.1) is 0 Å². The van der Waals surface area contributed by atoms with Crippen LogP contribution in [0.3, 0.4) is 0 Å². The summed E-state index contributed by atoms with van der Waals surface area (Å²) in [6.45, 7) is 0. The van der Waals surface area contributed by atoms with Gasteiger partial charge in [0.2, 0.25) is 0 Å². The van der Waals surface area contributed by atoms with Crippen LogP contribution in [0.2, 0.25) is 50.2 Å². The van der Waals surface area contributed by atoms with Crippen LogP contribution >= 0.6 is 212 Å². The maximum atomic E-state index is 7.09. The van der Waals surface area contributed by atoms with E-state index in [9.17, 15) is 0 Å². The molecule has 0 amide bonds. The van der Waals surface area contributed by atoms with Crippen molar-refractivity contribution in [1.29, 1.82) is 0 Å². The van der Waals surface area contributed by atoms with Gasteiger partial charge in [-0.1, -0.05) is 116 Å². The molecule has 2 aliphatic rings. The summed E-state index contributed by atoms with van der Waals surface area (Å²) in [5.41, 5.74) is 2.35. The average molecular weight is 1350 g/mol. The molecule has 0 fully saturated rings. The molecular weight excluding hydrogens is 1340 g/mol. The minimum absolute atomic E-state index is 0.0582. The molecular formula is C33H4Br6Cl10N8. The van der Waals surface area contributed by atoms with E-state index in [0.29, 0.717) is 81.9 Å². The number of benzene rings is 4. The van der Waals surface area contributed by atoms with E-state index in [1.54, 1.807) is 11.6 Å². The molecule has 8 nitrogen and oxygen atoms in total. The summed E-state index contributed by atoms with van der Waals surface area (Å²) in [7, 11) is 1.74. The predicted octanol–water partition coefficient (Wildman–Crippen LogP) is 18.0. The molecule has 0 unspecified atom stereocenters. The monoisotopic (exact) mass is 1340 g/mol. The van der Waals surface area contributed by atoms with Gasteiger partial charge in [-0.15, -0.1) is 0 Å². The second kappa shape index (κ2) is 15.1. The van der Waals surface area contributed by atoms with Crippen LogP contribution in [0.25, 0.3) is 89.7 Å². The van der Waals surface area contributed by atoms with Crippen molar-refractivity contribution < 1.29 is 0 Å². The highest BCUT2D eigenvalue weighted by Crippen LogP contribution is 2.54. The van der Waals surface area contributed by atoms with E-state index in [2.05, 4.69) is 101 Å². The van der Waals surface area contributed by atoms with Gasteiger partial charge in [-0.2, -0.15) is 0 Å². The molecule has 9 rings (SSSR count). The lowest BCUT2D eigenvalue weighted by atomic mass is 10.1. The van der Waals surface area contributed by atoms with Crippen molar-refractivity contribution >= 4 is 256 Å². The average Bonchev–Trinajstić information content (AvgIpc) is 3.91. The Hall–Kier alpha value is 0.0200. The molecule has 24 heteroatoms. The third-order valence-electron chi connectivity index (χ3n) is 9.04. The largest absolute Gasteiger partial charge is 0.324 e. The van der Waals surface area contributed by atoms with Gasteiger partial charge in [-0.05, 0) is 95.6 Å². The zero-order valence-corrected chi connectivity index (χ0v) is 43.8. The number of fused-ring (bicyclic) bond motifs is 20. The quantitative estimate of drug-likeness (QED) is 0.120. The van der Waals surface area contributed by atoms with Gasteiger partial charge in [-0.25, -0.2) is 29.9 Å². The Balaban J connectivity index is 1.63. The van der Waals surface area contributed by atoms with Gasteiger partial charge in [-0.3, -0.25) is 0 Å². The number of nitrogens with zero attached hydrogens (tertiary/aromatic N) is 7. The third-order valence-corrected chi connectivity index (χ3v) is 19.9. The van der Waals surface area contributed by atoms with Crippen molar-refractivity contribution in [3.8, 4) is 45.6 Å². The minimum Gasteiger partial charge on any atom is -0.324 e. The maximum absolute atomic E-state index is 7.09. The molecule has 0 atom stereocenters. The van der Waals surface area contributed by atoms with Crippen molar-refractivity contribution in [2.45, 2.75) is 0 Å². The zero-order valence-electron chi connectivity index (χ0n) is 26.7. The second-order valence-corrected chi connectivity index (χ2v) is 20.6.